The summed E-state index contributed by atoms with van der Waals surface area (Å²) in [6.45, 7) is 1.86. The van der Waals surface area contributed by atoms with Crippen LogP contribution in [0.4, 0.5) is 0 Å². The van der Waals surface area contributed by atoms with Gasteiger partial charge in [-0.05, 0) is 36.8 Å². The zero-order valence-corrected chi connectivity index (χ0v) is 9.75. The minimum absolute atomic E-state index is 0.411. The highest BCUT2D eigenvalue weighted by Crippen LogP contribution is 2.24. The molecule has 0 radical (unpaired) electrons. The molecule has 1 heterocycles. The number of hydrogen-bond acceptors (Lipinski definition) is 4. The Hall–Kier alpha value is -2.67. The summed E-state index contributed by atoms with van der Waals surface area (Å²) in [5.74, 6) is 1.05. The molecule has 0 bridgehead atoms. The van der Waals surface area contributed by atoms with E-state index in [2.05, 4.69) is 11.1 Å². The predicted octanol–water partition coefficient (Wildman–Crippen LogP) is 2.87. The molecule has 2 rings (SSSR count). The summed E-state index contributed by atoms with van der Waals surface area (Å²) in [5, 5.41) is 8.76. The second-order valence-corrected chi connectivity index (χ2v) is 3.74. The van der Waals surface area contributed by atoms with Gasteiger partial charge in [0.15, 0.2) is 6.29 Å². The highest BCUT2D eigenvalue weighted by Gasteiger charge is 2.03. The maximum Gasteiger partial charge on any atom is 0.219 e. The maximum absolute atomic E-state index is 10.5. The van der Waals surface area contributed by atoms with Gasteiger partial charge >= 0.3 is 0 Å². The number of aryl methyl sites for hydroxylation is 1. The van der Waals surface area contributed by atoms with Crippen molar-refractivity contribution in [2.45, 2.75) is 6.92 Å². The van der Waals surface area contributed by atoms with E-state index < -0.39 is 0 Å². The van der Waals surface area contributed by atoms with E-state index in [9.17, 15) is 4.79 Å². The summed E-state index contributed by atoms with van der Waals surface area (Å²) >= 11 is 0. The van der Waals surface area contributed by atoms with Gasteiger partial charge in [-0.15, -0.1) is 0 Å². The SMILES string of the molecule is Cc1cc(C#N)ccc1Oc1ccc(C=O)cn1. The molecule has 1 aromatic carbocycles. The van der Waals surface area contributed by atoms with Gasteiger partial charge in [0.05, 0.1) is 11.6 Å². The van der Waals surface area contributed by atoms with Crippen LogP contribution in [0.15, 0.2) is 36.5 Å². The van der Waals surface area contributed by atoms with Crippen molar-refractivity contribution in [2.75, 3.05) is 0 Å². The fourth-order valence-corrected chi connectivity index (χ4v) is 1.47. The van der Waals surface area contributed by atoms with Crippen LogP contribution in [0.3, 0.4) is 0 Å². The molecule has 0 aliphatic rings. The first kappa shape index (κ1) is 11.8. The highest BCUT2D eigenvalue weighted by atomic mass is 16.5. The standard InChI is InChI=1S/C14H10N2O2/c1-10-6-11(7-15)2-4-13(10)18-14-5-3-12(9-17)8-16-14/h2-6,8-9H,1H3. The number of nitrogens with zero attached hydrogens (tertiary/aromatic N) is 2. The van der Waals surface area contributed by atoms with Gasteiger partial charge in [0, 0.05) is 17.8 Å². The van der Waals surface area contributed by atoms with E-state index in [1.54, 1.807) is 30.3 Å². The molecular weight excluding hydrogens is 228 g/mol. The number of rotatable bonds is 3. The highest BCUT2D eigenvalue weighted by molar-refractivity contribution is 5.74. The average molecular weight is 238 g/mol. The van der Waals surface area contributed by atoms with E-state index in [0.29, 0.717) is 22.8 Å². The van der Waals surface area contributed by atoms with Crippen molar-refractivity contribution in [3.05, 3.63) is 53.2 Å². The number of carbonyl (C=O) groups is 1. The Kier molecular flexibility index (Phi) is 3.35. The third kappa shape index (κ3) is 2.53. The lowest BCUT2D eigenvalue weighted by Crippen LogP contribution is -1.91. The first-order valence-corrected chi connectivity index (χ1v) is 5.33. The number of ether oxygens (including phenoxy) is 1. The van der Waals surface area contributed by atoms with Crippen molar-refractivity contribution in [1.82, 2.24) is 4.98 Å². The summed E-state index contributed by atoms with van der Waals surface area (Å²) in [6, 6.07) is 10.5. The van der Waals surface area contributed by atoms with E-state index in [1.807, 2.05) is 6.92 Å². The second kappa shape index (κ2) is 5.11. The molecule has 0 N–H and O–H groups in total. The lowest BCUT2D eigenvalue weighted by Gasteiger charge is -2.07. The van der Waals surface area contributed by atoms with Gasteiger partial charge < -0.3 is 4.74 Å². The smallest absolute Gasteiger partial charge is 0.219 e. The Morgan fingerprint density at radius 2 is 2.17 bits per heavy atom. The van der Waals surface area contributed by atoms with E-state index in [0.717, 1.165) is 11.8 Å². The average Bonchev–Trinajstić information content (AvgIpc) is 2.42. The van der Waals surface area contributed by atoms with Gasteiger partial charge in [0.25, 0.3) is 0 Å². The molecule has 4 nitrogen and oxygen atoms in total. The number of carbonyl (C=O) groups excluding carboxylic acids is 1. The molecule has 0 amide bonds. The molecule has 2 aromatic rings. The van der Waals surface area contributed by atoms with Crippen LogP contribution in [0.1, 0.15) is 21.5 Å². The number of nitriles is 1. The van der Waals surface area contributed by atoms with Crippen molar-refractivity contribution in [3.8, 4) is 17.7 Å². The van der Waals surface area contributed by atoms with Gasteiger partial charge in [-0.25, -0.2) is 4.98 Å². The van der Waals surface area contributed by atoms with Crippen LogP contribution in [0.25, 0.3) is 0 Å². The van der Waals surface area contributed by atoms with Gasteiger partial charge in [-0.3, -0.25) is 4.79 Å². The van der Waals surface area contributed by atoms with Crippen molar-refractivity contribution in [2.24, 2.45) is 0 Å². The Bertz CT molecular complexity index is 613. The Morgan fingerprint density at radius 1 is 1.33 bits per heavy atom. The summed E-state index contributed by atoms with van der Waals surface area (Å²) < 4.78 is 5.57. The predicted molar refractivity (Wildman–Crippen MR) is 65.6 cm³/mol. The molecular formula is C14H10N2O2. The quantitative estimate of drug-likeness (QED) is 0.771. The molecule has 0 fully saturated rings. The van der Waals surface area contributed by atoms with Crippen molar-refractivity contribution in [3.63, 3.8) is 0 Å². The molecule has 0 atom stereocenters. The number of aldehydes is 1. The molecule has 0 spiro atoms. The first-order valence-electron chi connectivity index (χ1n) is 5.33. The molecule has 0 saturated heterocycles. The molecule has 1 aromatic heterocycles. The lowest BCUT2D eigenvalue weighted by atomic mass is 10.1. The lowest BCUT2D eigenvalue weighted by molar-refractivity contribution is 0.112. The van der Waals surface area contributed by atoms with Gasteiger partial charge in [-0.1, -0.05) is 0 Å². The normalized spacial score (nSPS) is 9.56. The Morgan fingerprint density at radius 3 is 2.72 bits per heavy atom. The second-order valence-electron chi connectivity index (χ2n) is 3.74. The zero-order valence-electron chi connectivity index (χ0n) is 9.75. The molecule has 0 unspecified atom stereocenters. The van der Waals surface area contributed by atoms with Gasteiger partial charge in [0.2, 0.25) is 5.88 Å². The van der Waals surface area contributed by atoms with Crippen LogP contribution in [0.2, 0.25) is 0 Å². The zero-order chi connectivity index (χ0) is 13.0. The monoisotopic (exact) mass is 238 g/mol. The molecule has 4 heteroatoms. The number of benzene rings is 1. The molecule has 0 saturated carbocycles. The van der Waals surface area contributed by atoms with E-state index >= 15 is 0 Å². The number of hydrogen-bond donors (Lipinski definition) is 0. The Labute approximate surface area is 104 Å². The van der Waals surface area contributed by atoms with Crippen molar-refractivity contribution < 1.29 is 9.53 Å². The summed E-state index contributed by atoms with van der Waals surface area (Å²) in [5.41, 5.74) is 1.94. The van der Waals surface area contributed by atoms with Gasteiger partial charge in [-0.2, -0.15) is 5.26 Å². The van der Waals surface area contributed by atoms with Crippen LogP contribution >= 0.6 is 0 Å². The minimum atomic E-state index is 0.411. The molecule has 88 valence electrons. The summed E-state index contributed by atoms with van der Waals surface area (Å²) in [4.78, 5) is 14.5. The van der Waals surface area contributed by atoms with Crippen LogP contribution in [-0.4, -0.2) is 11.3 Å². The van der Waals surface area contributed by atoms with Crippen LogP contribution in [-0.2, 0) is 0 Å². The number of aromatic nitrogens is 1. The Balaban J connectivity index is 2.23. The van der Waals surface area contributed by atoms with Crippen molar-refractivity contribution in [1.29, 1.82) is 5.26 Å². The third-order valence-corrected chi connectivity index (χ3v) is 2.41. The molecule has 18 heavy (non-hydrogen) atoms. The van der Waals surface area contributed by atoms with E-state index in [-0.39, 0.29) is 0 Å². The number of pyridine rings is 1. The molecule has 0 aliphatic carbocycles. The van der Waals surface area contributed by atoms with E-state index in [4.69, 9.17) is 10.00 Å². The third-order valence-electron chi connectivity index (χ3n) is 2.41. The topological polar surface area (TPSA) is 63.0 Å². The maximum atomic E-state index is 10.5. The molecule has 0 aliphatic heterocycles. The van der Waals surface area contributed by atoms with Crippen molar-refractivity contribution >= 4 is 6.29 Å². The van der Waals surface area contributed by atoms with Crippen LogP contribution < -0.4 is 4.74 Å². The summed E-state index contributed by atoms with van der Waals surface area (Å²) in [7, 11) is 0. The largest absolute Gasteiger partial charge is 0.439 e. The minimum Gasteiger partial charge on any atom is -0.439 e. The fraction of sp³-hybridized carbons (Fsp3) is 0.0714. The van der Waals surface area contributed by atoms with E-state index in [1.165, 1.54) is 6.20 Å². The first-order chi connectivity index (χ1) is 8.72. The van der Waals surface area contributed by atoms with Gasteiger partial charge in [0.1, 0.15) is 5.75 Å². The fourth-order valence-electron chi connectivity index (χ4n) is 1.47. The summed E-state index contributed by atoms with van der Waals surface area (Å²) in [6.07, 6.45) is 2.17. The van der Waals surface area contributed by atoms with Crippen LogP contribution in [0, 0.1) is 18.3 Å². The van der Waals surface area contributed by atoms with Crippen LogP contribution in [0.5, 0.6) is 11.6 Å².